The first-order valence-electron chi connectivity index (χ1n) is 8.13. The molecule has 4 heteroatoms. The second-order valence-corrected chi connectivity index (χ2v) is 5.91. The zero-order chi connectivity index (χ0) is 15.1. The Balaban J connectivity index is 1.60. The third kappa shape index (κ3) is 5.21. The van der Waals surface area contributed by atoms with Gasteiger partial charge in [0.2, 0.25) is 0 Å². The molecule has 0 saturated carbocycles. The van der Waals surface area contributed by atoms with E-state index < -0.39 is 0 Å². The third-order valence-electron chi connectivity index (χ3n) is 4.37. The van der Waals surface area contributed by atoms with Crippen LogP contribution in [0.2, 0.25) is 0 Å². The first-order valence-corrected chi connectivity index (χ1v) is 8.13. The molecule has 1 aromatic carbocycles. The van der Waals surface area contributed by atoms with Crippen LogP contribution in [0.3, 0.4) is 0 Å². The molecule has 0 radical (unpaired) electrons. The van der Waals surface area contributed by atoms with Crippen LogP contribution in [-0.2, 0) is 0 Å². The molecule has 4 nitrogen and oxygen atoms in total. The van der Waals surface area contributed by atoms with Crippen molar-refractivity contribution in [2.45, 2.75) is 32.7 Å². The van der Waals surface area contributed by atoms with Gasteiger partial charge >= 0.3 is 0 Å². The van der Waals surface area contributed by atoms with Crippen LogP contribution in [0.5, 0.6) is 5.75 Å². The van der Waals surface area contributed by atoms with Crippen molar-refractivity contribution in [3.8, 4) is 5.75 Å². The number of hydrogen-bond acceptors (Lipinski definition) is 4. The molecule has 1 aromatic rings. The zero-order valence-corrected chi connectivity index (χ0v) is 13.4. The molecule has 21 heavy (non-hydrogen) atoms. The standard InChI is InChI=1S/C17H29N3O/c1-3-15(2)20-11-9-19(10-12-20)8-5-13-21-17-7-4-6-16(18)14-17/h4,6-7,14-15H,3,5,8-13,18H2,1-2H3. The molecule has 1 unspecified atom stereocenters. The maximum atomic E-state index is 5.74. The molecule has 0 bridgehead atoms. The average Bonchev–Trinajstić information content (AvgIpc) is 2.51. The quantitative estimate of drug-likeness (QED) is 0.619. The van der Waals surface area contributed by atoms with E-state index >= 15 is 0 Å². The van der Waals surface area contributed by atoms with Crippen molar-refractivity contribution in [3.05, 3.63) is 24.3 Å². The second-order valence-electron chi connectivity index (χ2n) is 5.91. The van der Waals surface area contributed by atoms with E-state index in [9.17, 15) is 0 Å². The lowest BCUT2D eigenvalue weighted by molar-refractivity contribution is 0.0967. The van der Waals surface area contributed by atoms with Crippen molar-refractivity contribution in [1.29, 1.82) is 0 Å². The normalized spacial score (nSPS) is 18.6. The van der Waals surface area contributed by atoms with Gasteiger partial charge in [-0.1, -0.05) is 13.0 Å². The molecule has 1 saturated heterocycles. The van der Waals surface area contributed by atoms with Crippen molar-refractivity contribution in [1.82, 2.24) is 9.80 Å². The molecule has 1 heterocycles. The summed E-state index contributed by atoms with van der Waals surface area (Å²) in [5, 5.41) is 0. The lowest BCUT2D eigenvalue weighted by Crippen LogP contribution is -2.49. The van der Waals surface area contributed by atoms with Crippen LogP contribution in [0, 0.1) is 0 Å². The van der Waals surface area contributed by atoms with E-state index in [1.54, 1.807) is 0 Å². The van der Waals surface area contributed by atoms with Gasteiger partial charge < -0.3 is 15.4 Å². The number of ether oxygens (including phenoxy) is 1. The highest BCUT2D eigenvalue weighted by molar-refractivity contribution is 5.43. The van der Waals surface area contributed by atoms with Gasteiger partial charge in [-0.3, -0.25) is 4.90 Å². The molecular weight excluding hydrogens is 262 g/mol. The number of hydrogen-bond donors (Lipinski definition) is 1. The Morgan fingerprint density at radius 2 is 2.00 bits per heavy atom. The van der Waals surface area contributed by atoms with Crippen LogP contribution < -0.4 is 10.5 Å². The van der Waals surface area contributed by atoms with E-state index in [4.69, 9.17) is 10.5 Å². The van der Waals surface area contributed by atoms with Gasteiger partial charge in [-0.15, -0.1) is 0 Å². The molecule has 0 spiro atoms. The van der Waals surface area contributed by atoms with Crippen LogP contribution in [0.25, 0.3) is 0 Å². The molecule has 0 aromatic heterocycles. The summed E-state index contributed by atoms with van der Waals surface area (Å²) in [6.07, 6.45) is 2.31. The van der Waals surface area contributed by atoms with E-state index in [-0.39, 0.29) is 0 Å². The number of nitrogens with zero attached hydrogens (tertiary/aromatic N) is 2. The fraction of sp³-hybridized carbons (Fsp3) is 0.647. The molecule has 2 N–H and O–H groups in total. The fourth-order valence-corrected chi connectivity index (χ4v) is 2.77. The van der Waals surface area contributed by atoms with E-state index in [0.29, 0.717) is 0 Å². The number of nitrogens with two attached hydrogens (primary N) is 1. The van der Waals surface area contributed by atoms with Crippen LogP contribution in [0.1, 0.15) is 26.7 Å². The number of piperazine rings is 1. The van der Waals surface area contributed by atoms with E-state index in [0.717, 1.165) is 37.1 Å². The summed E-state index contributed by atoms with van der Waals surface area (Å²) >= 11 is 0. The molecule has 1 atom stereocenters. The van der Waals surface area contributed by atoms with Crippen molar-refractivity contribution in [3.63, 3.8) is 0 Å². The van der Waals surface area contributed by atoms with Gasteiger partial charge in [-0.25, -0.2) is 0 Å². The van der Waals surface area contributed by atoms with Gasteiger partial charge in [0, 0.05) is 50.5 Å². The number of rotatable bonds is 7. The van der Waals surface area contributed by atoms with Gasteiger partial charge in [-0.05, 0) is 31.9 Å². The van der Waals surface area contributed by atoms with Crippen molar-refractivity contribution in [2.24, 2.45) is 0 Å². The van der Waals surface area contributed by atoms with Crippen molar-refractivity contribution < 1.29 is 4.74 Å². The summed E-state index contributed by atoms with van der Waals surface area (Å²) in [6, 6.07) is 8.37. The number of anilines is 1. The minimum absolute atomic E-state index is 0.721. The summed E-state index contributed by atoms with van der Waals surface area (Å²) < 4.78 is 5.74. The summed E-state index contributed by atoms with van der Waals surface area (Å²) in [6.45, 7) is 11.2. The van der Waals surface area contributed by atoms with Gasteiger partial charge in [0.15, 0.2) is 0 Å². The summed E-state index contributed by atoms with van der Waals surface area (Å²) in [5.74, 6) is 0.872. The number of benzene rings is 1. The summed E-state index contributed by atoms with van der Waals surface area (Å²) in [5.41, 5.74) is 6.49. The lowest BCUT2D eigenvalue weighted by atomic mass is 10.2. The van der Waals surface area contributed by atoms with Crippen LogP contribution in [0.15, 0.2) is 24.3 Å². The third-order valence-corrected chi connectivity index (χ3v) is 4.37. The summed E-state index contributed by atoms with van der Waals surface area (Å²) in [7, 11) is 0. The molecule has 118 valence electrons. The maximum Gasteiger partial charge on any atom is 0.121 e. The first-order chi connectivity index (χ1) is 10.2. The molecule has 1 aliphatic rings. The Bertz CT molecular complexity index is 416. The zero-order valence-electron chi connectivity index (χ0n) is 13.4. The fourth-order valence-electron chi connectivity index (χ4n) is 2.77. The molecule has 0 amide bonds. The van der Waals surface area contributed by atoms with Crippen LogP contribution in [-0.4, -0.2) is 55.2 Å². The highest BCUT2D eigenvalue weighted by Gasteiger charge is 2.19. The minimum atomic E-state index is 0.721. The van der Waals surface area contributed by atoms with E-state index in [2.05, 4.69) is 23.6 Å². The Morgan fingerprint density at radius 3 is 2.67 bits per heavy atom. The van der Waals surface area contributed by atoms with Crippen LogP contribution >= 0.6 is 0 Å². The Labute approximate surface area is 128 Å². The van der Waals surface area contributed by atoms with E-state index in [1.807, 2.05) is 24.3 Å². The number of nitrogen functional groups attached to an aromatic ring is 1. The van der Waals surface area contributed by atoms with Gasteiger partial charge in [0.1, 0.15) is 5.75 Å². The topological polar surface area (TPSA) is 41.7 Å². The predicted molar refractivity (Wildman–Crippen MR) is 88.7 cm³/mol. The minimum Gasteiger partial charge on any atom is -0.493 e. The van der Waals surface area contributed by atoms with Gasteiger partial charge in [0.25, 0.3) is 0 Å². The second kappa shape index (κ2) is 8.25. The molecule has 1 aliphatic heterocycles. The Kier molecular flexibility index (Phi) is 6.33. The van der Waals surface area contributed by atoms with Gasteiger partial charge in [0.05, 0.1) is 6.61 Å². The smallest absolute Gasteiger partial charge is 0.121 e. The molecule has 1 fully saturated rings. The largest absolute Gasteiger partial charge is 0.493 e. The summed E-state index contributed by atoms with van der Waals surface area (Å²) in [4.78, 5) is 5.14. The SMILES string of the molecule is CCC(C)N1CCN(CCCOc2cccc(N)c2)CC1. The van der Waals surface area contributed by atoms with E-state index in [1.165, 1.54) is 32.6 Å². The Morgan fingerprint density at radius 1 is 1.24 bits per heavy atom. The highest BCUT2D eigenvalue weighted by atomic mass is 16.5. The monoisotopic (exact) mass is 291 g/mol. The van der Waals surface area contributed by atoms with Crippen LogP contribution in [0.4, 0.5) is 5.69 Å². The molecule has 2 rings (SSSR count). The van der Waals surface area contributed by atoms with Crippen molar-refractivity contribution in [2.75, 3.05) is 45.1 Å². The van der Waals surface area contributed by atoms with Crippen molar-refractivity contribution >= 4 is 5.69 Å². The molecule has 0 aliphatic carbocycles. The first kappa shape index (κ1) is 16.1. The predicted octanol–water partition coefficient (Wildman–Crippen LogP) is 2.45. The highest BCUT2D eigenvalue weighted by Crippen LogP contribution is 2.14. The Hall–Kier alpha value is -1.26. The lowest BCUT2D eigenvalue weighted by Gasteiger charge is -2.37. The average molecular weight is 291 g/mol. The van der Waals surface area contributed by atoms with Gasteiger partial charge in [-0.2, -0.15) is 0 Å². The maximum absolute atomic E-state index is 5.74. The molecular formula is C17H29N3O.